The van der Waals surface area contributed by atoms with E-state index in [1.165, 1.54) is 20.9 Å². The molecule has 30 heavy (non-hydrogen) atoms. The summed E-state index contributed by atoms with van der Waals surface area (Å²) >= 11 is 1.61. The number of nitrogens with one attached hydrogen (secondary N) is 2. The second kappa shape index (κ2) is 10.6. The van der Waals surface area contributed by atoms with Crippen LogP contribution < -0.4 is 10.2 Å². The monoisotopic (exact) mass is 426 g/mol. The molecular formula is C24H32N3O2S+. The first-order valence-electron chi connectivity index (χ1n) is 10.7. The molecule has 2 aromatic rings. The molecule has 2 N–H and O–H groups in total. The van der Waals surface area contributed by atoms with Crippen molar-refractivity contribution >= 4 is 29.3 Å². The number of aryl methyl sites for hydroxylation is 3. The smallest absolute Gasteiger partial charge is 0.279 e. The number of amides is 2. The molecule has 1 heterocycles. The van der Waals surface area contributed by atoms with Gasteiger partial charge in [-0.1, -0.05) is 42.8 Å². The van der Waals surface area contributed by atoms with Crippen LogP contribution in [-0.4, -0.2) is 55.2 Å². The third-order valence-electron chi connectivity index (χ3n) is 5.59. The van der Waals surface area contributed by atoms with Gasteiger partial charge in [0.1, 0.15) is 0 Å². The standard InChI is InChI=1S/C24H31N3O2S/c1-4-20-7-5-6-8-21(20)25-23(28)16-26-11-13-27(14-12-26)24(29)17-30-22-10-9-18(2)15-19(22)3/h5-10,15H,4,11-14,16-17H2,1-3H3,(H,25,28)/p+1. The summed E-state index contributed by atoms with van der Waals surface area (Å²) in [5.74, 6) is 0.685. The van der Waals surface area contributed by atoms with Crippen molar-refractivity contribution in [2.24, 2.45) is 0 Å². The van der Waals surface area contributed by atoms with Crippen LogP contribution in [0, 0.1) is 13.8 Å². The number of para-hydroxylation sites is 1. The minimum atomic E-state index is 0.0380. The molecule has 0 radical (unpaired) electrons. The van der Waals surface area contributed by atoms with E-state index in [-0.39, 0.29) is 11.8 Å². The summed E-state index contributed by atoms with van der Waals surface area (Å²) in [5.41, 5.74) is 4.52. The summed E-state index contributed by atoms with van der Waals surface area (Å²) < 4.78 is 0. The maximum Gasteiger partial charge on any atom is 0.279 e. The van der Waals surface area contributed by atoms with Crippen molar-refractivity contribution in [3.63, 3.8) is 0 Å². The van der Waals surface area contributed by atoms with E-state index in [2.05, 4.69) is 44.3 Å². The molecular weight excluding hydrogens is 394 g/mol. The number of nitrogens with zero attached hydrogens (tertiary/aromatic N) is 1. The van der Waals surface area contributed by atoms with Crippen LogP contribution in [0.15, 0.2) is 47.4 Å². The number of anilines is 1. The largest absolute Gasteiger partial charge is 0.331 e. The third-order valence-corrected chi connectivity index (χ3v) is 6.75. The highest BCUT2D eigenvalue weighted by molar-refractivity contribution is 8.00. The van der Waals surface area contributed by atoms with Gasteiger partial charge in [-0.25, -0.2) is 0 Å². The Balaban J connectivity index is 1.42. The van der Waals surface area contributed by atoms with Crippen molar-refractivity contribution in [1.82, 2.24) is 4.90 Å². The summed E-state index contributed by atoms with van der Waals surface area (Å²) in [4.78, 5) is 29.4. The molecule has 0 atom stereocenters. The molecule has 0 bridgehead atoms. The highest BCUT2D eigenvalue weighted by Crippen LogP contribution is 2.23. The van der Waals surface area contributed by atoms with Gasteiger partial charge >= 0.3 is 0 Å². The highest BCUT2D eigenvalue weighted by atomic mass is 32.2. The van der Waals surface area contributed by atoms with Crippen molar-refractivity contribution in [2.45, 2.75) is 32.1 Å². The Labute approximate surface area is 183 Å². The Kier molecular flexibility index (Phi) is 7.94. The van der Waals surface area contributed by atoms with Gasteiger partial charge in [-0.05, 0) is 43.5 Å². The topological polar surface area (TPSA) is 53.9 Å². The number of thioether (sulfide) groups is 1. The Morgan fingerprint density at radius 1 is 1.10 bits per heavy atom. The van der Waals surface area contributed by atoms with Crippen LogP contribution in [0.2, 0.25) is 0 Å². The van der Waals surface area contributed by atoms with Crippen molar-refractivity contribution < 1.29 is 14.5 Å². The molecule has 2 aromatic carbocycles. The highest BCUT2D eigenvalue weighted by Gasteiger charge is 2.25. The number of hydrogen-bond donors (Lipinski definition) is 2. The molecule has 160 valence electrons. The Bertz CT molecular complexity index is 892. The van der Waals surface area contributed by atoms with Crippen molar-refractivity contribution in [2.75, 3.05) is 43.8 Å². The fraction of sp³-hybridized carbons (Fsp3) is 0.417. The summed E-state index contributed by atoms with van der Waals surface area (Å²) in [5, 5.41) is 3.05. The fourth-order valence-electron chi connectivity index (χ4n) is 3.81. The number of piperazine rings is 1. The number of carbonyl (C=O) groups is 2. The SMILES string of the molecule is CCc1ccccc1NC(=O)C[NH+]1CCN(C(=O)CSc2ccc(C)cc2C)CC1. The van der Waals surface area contributed by atoms with Crippen molar-refractivity contribution in [3.8, 4) is 0 Å². The summed E-state index contributed by atoms with van der Waals surface area (Å²) in [6.45, 7) is 9.73. The molecule has 0 aliphatic carbocycles. The zero-order valence-electron chi connectivity index (χ0n) is 18.2. The maximum absolute atomic E-state index is 12.6. The second-order valence-corrected chi connectivity index (χ2v) is 8.94. The summed E-state index contributed by atoms with van der Waals surface area (Å²) in [6.07, 6.45) is 0.893. The quantitative estimate of drug-likeness (QED) is 0.668. The van der Waals surface area contributed by atoms with Gasteiger partial charge in [0.25, 0.3) is 5.91 Å². The van der Waals surface area contributed by atoms with E-state index < -0.39 is 0 Å². The minimum absolute atomic E-state index is 0.0380. The number of carbonyl (C=O) groups excluding carboxylic acids is 2. The Morgan fingerprint density at radius 3 is 2.53 bits per heavy atom. The predicted octanol–water partition coefficient (Wildman–Crippen LogP) is 2.32. The van der Waals surface area contributed by atoms with Gasteiger partial charge in [-0.15, -0.1) is 11.8 Å². The molecule has 2 amide bonds. The van der Waals surface area contributed by atoms with Crippen LogP contribution in [0.4, 0.5) is 5.69 Å². The number of benzene rings is 2. The fourth-order valence-corrected chi connectivity index (χ4v) is 4.73. The van der Waals surface area contributed by atoms with Gasteiger partial charge in [0, 0.05) is 10.6 Å². The van der Waals surface area contributed by atoms with Crippen LogP contribution >= 0.6 is 11.8 Å². The average molecular weight is 427 g/mol. The molecule has 1 fully saturated rings. The molecule has 5 nitrogen and oxygen atoms in total. The molecule has 1 aliphatic rings. The Morgan fingerprint density at radius 2 is 1.83 bits per heavy atom. The van der Waals surface area contributed by atoms with Crippen molar-refractivity contribution in [1.29, 1.82) is 0 Å². The lowest BCUT2D eigenvalue weighted by Gasteiger charge is -2.32. The molecule has 3 rings (SSSR count). The summed E-state index contributed by atoms with van der Waals surface area (Å²) in [7, 11) is 0. The average Bonchev–Trinajstić information content (AvgIpc) is 2.74. The lowest BCUT2D eigenvalue weighted by Crippen LogP contribution is -3.15. The van der Waals surface area contributed by atoms with Gasteiger partial charge in [0.05, 0.1) is 31.9 Å². The normalized spacial score (nSPS) is 14.6. The van der Waals surface area contributed by atoms with Crippen LogP contribution in [0.25, 0.3) is 0 Å². The van der Waals surface area contributed by atoms with E-state index in [0.29, 0.717) is 25.4 Å². The first kappa shape index (κ1) is 22.4. The van der Waals surface area contributed by atoms with E-state index in [1.54, 1.807) is 11.8 Å². The van der Waals surface area contributed by atoms with E-state index in [1.807, 2.05) is 29.2 Å². The van der Waals surface area contributed by atoms with E-state index in [0.717, 1.165) is 30.8 Å². The van der Waals surface area contributed by atoms with Gasteiger partial charge in [0.2, 0.25) is 5.91 Å². The number of rotatable bonds is 7. The zero-order chi connectivity index (χ0) is 21.5. The molecule has 0 aromatic heterocycles. The third kappa shape index (κ3) is 6.09. The van der Waals surface area contributed by atoms with Crippen molar-refractivity contribution in [3.05, 3.63) is 59.2 Å². The molecule has 0 unspecified atom stereocenters. The minimum Gasteiger partial charge on any atom is -0.331 e. The molecule has 0 saturated carbocycles. The van der Waals surface area contributed by atoms with Gasteiger partial charge < -0.3 is 15.1 Å². The first-order valence-corrected chi connectivity index (χ1v) is 11.6. The molecule has 1 saturated heterocycles. The van der Waals surface area contributed by atoms with E-state index >= 15 is 0 Å². The molecule has 6 heteroatoms. The van der Waals surface area contributed by atoms with Crippen LogP contribution in [0.5, 0.6) is 0 Å². The second-order valence-electron chi connectivity index (χ2n) is 7.92. The van der Waals surface area contributed by atoms with Gasteiger partial charge in [-0.3, -0.25) is 9.59 Å². The summed E-state index contributed by atoms with van der Waals surface area (Å²) in [6, 6.07) is 14.3. The van der Waals surface area contributed by atoms with Crippen LogP contribution in [0.1, 0.15) is 23.6 Å². The van der Waals surface area contributed by atoms with Gasteiger partial charge in [-0.2, -0.15) is 0 Å². The van der Waals surface area contributed by atoms with Crippen LogP contribution in [-0.2, 0) is 16.0 Å². The molecule has 0 spiro atoms. The number of hydrogen-bond acceptors (Lipinski definition) is 3. The first-order chi connectivity index (χ1) is 14.5. The Hall–Kier alpha value is -2.31. The molecule has 1 aliphatic heterocycles. The lowest BCUT2D eigenvalue weighted by molar-refractivity contribution is -0.895. The van der Waals surface area contributed by atoms with Crippen LogP contribution in [0.3, 0.4) is 0 Å². The maximum atomic E-state index is 12.6. The lowest BCUT2D eigenvalue weighted by atomic mass is 10.1. The van der Waals surface area contributed by atoms with Gasteiger partial charge in [0.15, 0.2) is 6.54 Å². The van der Waals surface area contributed by atoms with E-state index in [4.69, 9.17) is 0 Å². The predicted molar refractivity (Wildman–Crippen MR) is 123 cm³/mol. The number of quaternary nitrogens is 1. The van der Waals surface area contributed by atoms with E-state index in [9.17, 15) is 9.59 Å². The zero-order valence-corrected chi connectivity index (χ0v) is 19.0.